The average Bonchev–Trinajstić information content (AvgIpc) is 2.48. The summed E-state index contributed by atoms with van der Waals surface area (Å²) in [5, 5.41) is 23.1. The minimum absolute atomic E-state index is 0.0708. The Labute approximate surface area is 122 Å². The van der Waals surface area contributed by atoms with Crippen molar-refractivity contribution in [2.24, 2.45) is 0 Å². The van der Waals surface area contributed by atoms with Crippen molar-refractivity contribution in [1.29, 1.82) is 5.26 Å². The highest BCUT2D eigenvalue weighted by atomic mass is 16.6. The molecule has 2 rings (SSSR count). The number of nitrogens with zero attached hydrogens (tertiary/aromatic N) is 3. The van der Waals surface area contributed by atoms with Crippen LogP contribution in [-0.4, -0.2) is 34.9 Å². The third kappa shape index (κ3) is 3.48. The molecule has 1 amide bonds. The number of nitriles is 1. The van der Waals surface area contributed by atoms with Crippen molar-refractivity contribution < 1.29 is 9.72 Å². The molecule has 0 spiro atoms. The van der Waals surface area contributed by atoms with Gasteiger partial charge in [-0.25, -0.2) is 0 Å². The summed E-state index contributed by atoms with van der Waals surface area (Å²) in [5.41, 5.74) is 0.770. The van der Waals surface area contributed by atoms with Crippen LogP contribution in [0.2, 0.25) is 0 Å². The molecule has 7 heteroatoms. The van der Waals surface area contributed by atoms with Crippen LogP contribution in [0.5, 0.6) is 0 Å². The third-order valence-electron chi connectivity index (χ3n) is 3.63. The summed E-state index contributed by atoms with van der Waals surface area (Å²) in [4.78, 5) is 23.2. The maximum atomic E-state index is 11.3. The molecular weight excluding hydrogens is 272 g/mol. The van der Waals surface area contributed by atoms with Crippen LogP contribution in [0.1, 0.15) is 25.3 Å². The molecule has 0 aliphatic carbocycles. The fraction of sp³-hybridized carbons (Fsp3) is 0.429. The zero-order chi connectivity index (χ0) is 15.4. The average molecular weight is 288 g/mol. The molecule has 1 aromatic carbocycles. The molecule has 0 saturated carbocycles. The van der Waals surface area contributed by atoms with Gasteiger partial charge in [0.2, 0.25) is 5.91 Å². The van der Waals surface area contributed by atoms with E-state index in [1.54, 1.807) is 17.9 Å². The lowest BCUT2D eigenvalue weighted by atomic mass is 10.0. The highest BCUT2D eigenvalue weighted by molar-refractivity contribution is 5.73. The largest absolute Gasteiger partial charge is 0.381 e. The number of rotatable bonds is 3. The Bertz CT molecular complexity index is 601. The van der Waals surface area contributed by atoms with Gasteiger partial charge in [0.25, 0.3) is 5.69 Å². The molecule has 1 N–H and O–H groups in total. The molecule has 0 aromatic heterocycles. The molecule has 0 unspecified atom stereocenters. The van der Waals surface area contributed by atoms with Gasteiger partial charge in [0.1, 0.15) is 6.07 Å². The lowest BCUT2D eigenvalue weighted by molar-refractivity contribution is -0.384. The minimum atomic E-state index is -0.518. The topological polar surface area (TPSA) is 99.3 Å². The summed E-state index contributed by atoms with van der Waals surface area (Å²) < 4.78 is 0. The Hall–Kier alpha value is -2.62. The van der Waals surface area contributed by atoms with Gasteiger partial charge in [0.15, 0.2) is 0 Å². The smallest absolute Gasteiger partial charge is 0.270 e. The number of likely N-dealkylation sites (tertiary alicyclic amines) is 1. The van der Waals surface area contributed by atoms with Crippen molar-refractivity contribution in [3.63, 3.8) is 0 Å². The predicted octanol–water partition coefficient (Wildman–Crippen LogP) is 1.89. The maximum absolute atomic E-state index is 11.3. The molecule has 1 fully saturated rings. The van der Waals surface area contributed by atoms with E-state index in [4.69, 9.17) is 5.26 Å². The molecule has 1 saturated heterocycles. The van der Waals surface area contributed by atoms with Crippen LogP contribution >= 0.6 is 0 Å². The number of nitro groups is 1. The Morgan fingerprint density at radius 3 is 2.67 bits per heavy atom. The summed E-state index contributed by atoms with van der Waals surface area (Å²) in [6.07, 6.45) is 1.59. The van der Waals surface area contributed by atoms with Crippen molar-refractivity contribution >= 4 is 17.3 Å². The van der Waals surface area contributed by atoms with Crippen molar-refractivity contribution in [2.75, 3.05) is 18.4 Å². The molecule has 1 aliphatic rings. The molecule has 110 valence electrons. The second-order valence-corrected chi connectivity index (χ2v) is 5.02. The lowest BCUT2D eigenvalue weighted by Crippen LogP contribution is -2.41. The number of benzene rings is 1. The Kier molecular flexibility index (Phi) is 4.38. The molecule has 21 heavy (non-hydrogen) atoms. The number of piperidine rings is 1. The van der Waals surface area contributed by atoms with E-state index in [0.29, 0.717) is 18.8 Å². The van der Waals surface area contributed by atoms with Crippen LogP contribution < -0.4 is 5.32 Å². The first-order valence-corrected chi connectivity index (χ1v) is 6.72. The second kappa shape index (κ2) is 6.22. The fourth-order valence-electron chi connectivity index (χ4n) is 2.42. The van der Waals surface area contributed by atoms with Crippen molar-refractivity contribution in [3.8, 4) is 6.07 Å². The summed E-state index contributed by atoms with van der Waals surface area (Å²) >= 11 is 0. The molecule has 1 aliphatic heterocycles. The number of anilines is 1. The van der Waals surface area contributed by atoms with Gasteiger partial charge >= 0.3 is 0 Å². The number of carbonyl (C=O) groups is 1. The van der Waals surface area contributed by atoms with E-state index in [1.807, 2.05) is 6.07 Å². The molecule has 1 aromatic rings. The first-order valence-electron chi connectivity index (χ1n) is 6.72. The van der Waals surface area contributed by atoms with E-state index >= 15 is 0 Å². The van der Waals surface area contributed by atoms with Gasteiger partial charge in [0, 0.05) is 38.2 Å². The summed E-state index contributed by atoms with van der Waals surface area (Å²) in [6, 6.07) is 6.35. The zero-order valence-electron chi connectivity index (χ0n) is 11.7. The third-order valence-corrected chi connectivity index (χ3v) is 3.63. The number of nitro benzene ring substituents is 1. The van der Waals surface area contributed by atoms with Crippen LogP contribution in [0.25, 0.3) is 0 Å². The summed E-state index contributed by atoms with van der Waals surface area (Å²) in [5.74, 6) is 0.0708. The van der Waals surface area contributed by atoms with E-state index in [-0.39, 0.29) is 23.2 Å². The van der Waals surface area contributed by atoms with Gasteiger partial charge < -0.3 is 10.2 Å². The first-order chi connectivity index (χ1) is 10.0. The van der Waals surface area contributed by atoms with Crippen molar-refractivity contribution in [1.82, 2.24) is 4.90 Å². The summed E-state index contributed by atoms with van der Waals surface area (Å²) in [6.45, 7) is 2.92. The Morgan fingerprint density at radius 1 is 1.48 bits per heavy atom. The van der Waals surface area contributed by atoms with Crippen LogP contribution in [0.3, 0.4) is 0 Å². The number of carbonyl (C=O) groups excluding carboxylic acids is 1. The van der Waals surface area contributed by atoms with Gasteiger partial charge in [-0.15, -0.1) is 0 Å². The number of nitrogens with one attached hydrogen (secondary N) is 1. The molecule has 0 atom stereocenters. The standard InChI is InChI=1S/C14H16N4O3/c1-10(19)17-6-4-12(5-7-17)16-14-3-2-13(18(20)21)8-11(14)9-15/h2-3,8,12,16H,4-7H2,1H3. The maximum Gasteiger partial charge on any atom is 0.270 e. The van der Waals surface area contributed by atoms with Gasteiger partial charge in [-0.3, -0.25) is 14.9 Å². The lowest BCUT2D eigenvalue weighted by Gasteiger charge is -2.32. The number of non-ortho nitro benzene ring substituents is 1. The van der Waals surface area contributed by atoms with Gasteiger partial charge in [0.05, 0.1) is 16.2 Å². The number of amides is 1. The molecule has 0 bridgehead atoms. The molecule has 7 nitrogen and oxygen atoms in total. The minimum Gasteiger partial charge on any atom is -0.381 e. The zero-order valence-corrected chi connectivity index (χ0v) is 11.7. The molecular formula is C14H16N4O3. The summed E-state index contributed by atoms with van der Waals surface area (Å²) in [7, 11) is 0. The van der Waals surface area contributed by atoms with Crippen LogP contribution in [0.4, 0.5) is 11.4 Å². The molecule has 0 radical (unpaired) electrons. The Morgan fingerprint density at radius 2 is 2.14 bits per heavy atom. The highest BCUT2D eigenvalue weighted by Crippen LogP contribution is 2.24. The van der Waals surface area contributed by atoms with Crippen molar-refractivity contribution in [2.45, 2.75) is 25.8 Å². The van der Waals surface area contributed by atoms with Crippen molar-refractivity contribution in [3.05, 3.63) is 33.9 Å². The van der Waals surface area contributed by atoms with Crippen LogP contribution in [-0.2, 0) is 4.79 Å². The van der Waals surface area contributed by atoms with Crippen LogP contribution in [0.15, 0.2) is 18.2 Å². The predicted molar refractivity (Wildman–Crippen MR) is 76.7 cm³/mol. The Balaban J connectivity index is 2.06. The highest BCUT2D eigenvalue weighted by Gasteiger charge is 2.21. The van der Waals surface area contributed by atoms with E-state index in [2.05, 4.69) is 5.32 Å². The van der Waals surface area contributed by atoms with Gasteiger partial charge in [-0.05, 0) is 18.9 Å². The SMILES string of the molecule is CC(=O)N1CCC(Nc2ccc([N+](=O)[O-])cc2C#N)CC1. The van der Waals surface area contributed by atoms with Gasteiger partial charge in [-0.2, -0.15) is 5.26 Å². The number of hydrogen-bond donors (Lipinski definition) is 1. The van der Waals surface area contributed by atoms with Gasteiger partial charge in [-0.1, -0.05) is 0 Å². The fourth-order valence-corrected chi connectivity index (χ4v) is 2.42. The quantitative estimate of drug-likeness (QED) is 0.676. The van der Waals surface area contributed by atoms with E-state index < -0.39 is 4.92 Å². The number of hydrogen-bond acceptors (Lipinski definition) is 5. The normalized spacial score (nSPS) is 15.3. The first kappa shape index (κ1) is 14.8. The van der Waals surface area contributed by atoms with Crippen LogP contribution in [0, 0.1) is 21.4 Å². The van der Waals surface area contributed by atoms with E-state index in [9.17, 15) is 14.9 Å². The second-order valence-electron chi connectivity index (χ2n) is 5.02. The molecule has 1 heterocycles. The monoisotopic (exact) mass is 288 g/mol. The van der Waals surface area contributed by atoms with E-state index in [1.165, 1.54) is 12.1 Å². The van der Waals surface area contributed by atoms with E-state index in [0.717, 1.165) is 12.8 Å².